The number of carbonyl (C=O) groups is 1. The van der Waals surface area contributed by atoms with Crippen LogP contribution in [0.3, 0.4) is 0 Å². The minimum absolute atomic E-state index is 0.0405. The van der Waals surface area contributed by atoms with Gasteiger partial charge in [0.1, 0.15) is 0 Å². The van der Waals surface area contributed by atoms with E-state index in [2.05, 4.69) is 9.45 Å². The number of benzene rings is 1. The molecule has 0 saturated heterocycles. The van der Waals surface area contributed by atoms with E-state index in [1.165, 1.54) is 12.1 Å². The molecule has 8 heteroatoms. The topological polar surface area (TPSA) is 58.6 Å². The molecule has 1 aromatic rings. The molecule has 1 aliphatic carbocycles. The van der Waals surface area contributed by atoms with Crippen LogP contribution >= 0.6 is 21.5 Å². The number of ether oxygens (including phenoxy) is 1. The zero-order valence-electron chi connectivity index (χ0n) is 15.5. The number of hydrogen-bond donors (Lipinski definition) is 2. The van der Waals surface area contributed by atoms with Gasteiger partial charge in [-0.15, -0.1) is 0 Å². The van der Waals surface area contributed by atoms with Gasteiger partial charge in [0.2, 0.25) is 0 Å². The van der Waals surface area contributed by atoms with Crippen LogP contribution in [0, 0.1) is 24.7 Å². The van der Waals surface area contributed by atoms with E-state index in [0.29, 0.717) is 5.56 Å². The van der Waals surface area contributed by atoms with Crippen molar-refractivity contribution in [3.8, 4) is 11.8 Å². The minimum atomic E-state index is -4.98. The second-order valence-corrected chi connectivity index (χ2v) is 9.59. The van der Waals surface area contributed by atoms with E-state index in [1.807, 2.05) is 5.92 Å². The summed E-state index contributed by atoms with van der Waals surface area (Å²) in [5, 5.41) is 10.5. The molecule has 0 spiro atoms. The van der Waals surface area contributed by atoms with Gasteiger partial charge < -0.3 is 0 Å². The van der Waals surface area contributed by atoms with Crippen LogP contribution in [-0.4, -0.2) is 20.9 Å². The molecule has 1 fully saturated rings. The predicted molar refractivity (Wildman–Crippen MR) is 107 cm³/mol. The molecule has 0 bridgehead atoms. The molecule has 4 nitrogen and oxygen atoms in total. The summed E-state index contributed by atoms with van der Waals surface area (Å²) in [6.45, 7) is 6.77. The predicted octanol–water partition coefficient (Wildman–Crippen LogP) is 5.12. The van der Waals surface area contributed by atoms with E-state index in [-0.39, 0.29) is 11.6 Å². The van der Waals surface area contributed by atoms with Gasteiger partial charge in [0.05, 0.1) is 0 Å². The Morgan fingerprint density at radius 1 is 1.30 bits per heavy atom. The van der Waals surface area contributed by atoms with Gasteiger partial charge in [0.15, 0.2) is 0 Å². The Balaban J connectivity index is 2.35. The number of aliphatic hydroxyl groups is 1. The second kappa shape index (κ2) is 7.87. The number of carbonyl (C=O) groups excluding carboxylic acids is 1. The molecule has 0 aromatic heterocycles. The molecule has 1 saturated carbocycles. The van der Waals surface area contributed by atoms with E-state index in [0.717, 1.165) is 12.8 Å². The number of anilines is 1. The third-order valence-electron chi connectivity index (χ3n) is 3.64. The van der Waals surface area contributed by atoms with E-state index in [4.69, 9.17) is 4.74 Å². The van der Waals surface area contributed by atoms with Crippen LogP contribution < -0.4 is 3.53 Å². The van der Waals surface area contributed by atoms with Gasteiger partial charge in [-0.1, -0.05) is 0 Å². The molecule has 1 unspecified atom stereocenters. The van der Waals surface area contributed by atoms with Crippen molar-refractivity contribution < 1.29 is 27.8 Å². The van der Waals surface area contributed by atoms with Gasteiger partial charge in [-0.25, -0.2) is 0 Å². The van der Waals surface area contributed by atoms with E-state index >= 15 is 0 Å². The van der Waals surface area contributed by atoms with Gasteiger partial charge in [-0.05, 0) is 0 Å². The summed E-state index contributed by atoms with van der Waals surface area (Å²) < 4.78 is 48.7. The van der Waals surface area contributed by atoms with Crippen molar-refractivity contribution in [3.63, 3.8) is 0 Å². The average Bonchev–Trinajstić information content (AvgIpc) is 3.32. The third kappa shape index (κ3) is 6.01. The van der Waals surface area contributed by atoms with Crippen molar-refractivity contribution in [1.82, 2.24) is 0 Å². The van der Waals surface area contributed by atoms with Crippen LogP contribution in [0.15, 0.2) is 18.2 Å². The fourth-order valence-electron chi connectivity index (χ4n) is 2.14. The molecule has 27 heavy (non-hydrogen) atoms. The van der Waals surface area contributed by atoms with Gasteiger partial charge in [0.25, 0.3) is 0 Å². The van der Waals surface area contributed by atoms with Crippen molar-refractivity contribution in [2.24, 2.45) is 5.92 Å². The molecule has 0 aliphatic heterocycles. The molecule has 0 heterocycles. The Labute approximate surface area is 167 Å². The second-order valence-electron chi connectivity index (χ2n) is 7.47. The monoisotopic (exact) mass is 497 g/mol. The first-order chi connectivity index (χ1) is 12.3. The quantitative estimate of drug-likeness (QED) is 0.263. The summed E-state index contributed by atoms with van der Waals surface area (Å²) in [6.07, 6.45) is -3.50. The van der Waals surface area contributed by atoms with Crippen molar-refractivity contribution in [1.29, 1.82) is 0 Å². The van der Waals surface area contributed by atoms with Crippen LogP contribution in [-0.2, 0) is 10.3 Å². The average molecular weight is 497 g/mol. The van der Waals surface area contributed by atoms with Crippen molar-refractivity contribution >= 4 is 31.1 Å². The maximum atomic E-state index is 13.7. The van der Waals surface area contributed by atoms with Crippen molar-refractivity contribution in [3.05, 3.63) is 29.3 Å². The SMILES string of the molecule is Cc1ccc(N[IH]C(=O)OC(C)(C)C)c(C(O)(C#CC2CC2)C(F)(F)F)c1. The van der Waals surface area contributed by atoms with E-state index in [1.54, 1.807) is 33.8 Å². The fraction of sp³-hybridized carbons (Fsp3) is 0.526. The molecule has 1 aliphatic rings. The molecule has 1 aromatic carbocycles. The molecule has 0 amide bonds. The van der Waals surface area contributed by atoms with Gasteiger partial charge in [-0.3, -0.25) is 0 Å². The maximum absolute atomic E-state index is 13.7. The Morgan fingerprint density at radius 3 is 2.44 bits per heavy atom. The van der Waals surface area contributed by atoms with E-state index < -0.39 is 48.4 Å². The Bertz CT molecular complexity index is 773. The van der Waals surface area contributed by atoms with Gasteiger partial charge >= 0.3 is 167 Å². The number of aryl methyl sites for hydroxylation is 1. The van der Waals surface area contributed by atoms with Crippen molar-refractivity contribution in [2.45, 2.75) is 57.9 Å². The summed E-state index contributed by atoms with van der Waals surface area (Å²) in [4.78, 5) is 11.9. The summed E-state index contributed by atoms with van der Waals surface area (Å²) in [6, 6.07) is 4.29. The molecular formula is C19H23F3INO3. The molecular weight excluding hydrogens is 474 g/mol. The molecule has 1 atom stereocenters. The van der Waals surface area contributed by atoms with Crippen LogP contribution in [0.2, 0.25) is 0 Å². The Kier molecular flexibility index (Phi) is 6.37. The normalized spacial score (nSPS) is 16.9. The first-order valence-electron chi connectivity index (χ1n) is 8.40. The zero-order chi connectivity index (χ0) is 20.5. The number of alkyl halides is 3. The van der Waals surface area contributed by atoms with Crippen LogP contribution in [0.5, 0.6) is 0 Å². The summed E-state index contributed by atoms with van der Waals surface area (Å²) in [5.41, 5.74) is -3.78. The van der Waals surface area contributed by atoms with Crippen LogP contribution in [0.25, 0.3) is 0 Å². The fourth-order valence-corrected chi connectivity index (χ4v) is 4.03. The van der Waals surface area contributed by atoms with Crippen LogP contribution in [0.4, 0.5) is 23.7 Å². The first-order valence-corrected chi connectivity index (χ1v) is 10.7. The van der Waals surface area contributed by atoms with E-state index in [9.17, 15) is 23.1 Å². The number of halogens is 4. The summed E-state index contributed by atoms with van der Waals surface area (Å²) in [7, 11) is 0. The van der Waals surface area contributed by atoms with Crippen molar-refractivity contribution in [2.75, 3.05) is 3.53 Å². The van der Waals surface area contributed by atoms with Gasteiger partial charge in [-0.2, -0.15) is 0 Å². The van der Waals surface area contributed by atoms with Crippen LogP contribution in [0.1, 0.15) is 44.7 Å². The zero-order valence-corrected chi connectivity index (χ0v) is 17.9. The summed E-state index contributed by atoms with van der Waals surface area (Å²) in [5.74, 6) is 4.46. The first kappa shape index (κ1) is 21.8. The molecule has 2 rings (SSSR count). The number of rotatable bonds is 4. The molecule has 2 N–H and O–H groups in total. The van der Waals surface area contributed by atoms with Gasteiger partial charge in [0, 0.05) is 0 Å². The Morgan fingerprint density at radius 2 is 1.93 bits per heavy atom. The Hall–Kier alpha value is -1.47. The molecule has 0 radical (unpaired) electrons. The standard InChI is InChI=1S/C19H23F3INO3/c1-12-5-8-15(24-23-16(25)27-17(2,3)4)14(11-12)18(26,19(20,21)22)10-9-13-6-7-13/h5,8,11,13,23-24,26H,6-7H2,1-4H3. The third-order valence-corrected chi connectivity index (χ3v) is 5.28. The molecule has 150 valence electrons. The number of hydrogen-bond acceptors (Lipinski definition) is 4. The number of nitrogens with one attached hydrogen (secondary N) is 1. The summed E-state index contributed by atoms with van der Waals surface area (Å²) >= 11 is -1.64.